The maximum Gasteiger partial charge on any atom is 0.0223 e. The van der Waals surface area contributed by atoms with E-state index >= 15 is 0 Å². The van der Waals surface area contributed by atoms with Crippen LogP contribution in [0.3, 0.4) is 0 Å². The molecule has 1 aliphatic rings. The van der Waals surface area contributed by atoms with Crippen molar-refractivity contribution >= 4 is 15.9 Å². The zero-order chi connectivity index (χ0) is 12.4. The molecule has 3 heteroatoms. The molecular weight excluding hydrogens is 264 g/mol. The second-order valence-electron chi connectivity index (χ2n) is 3.19. The first kappa shape index (κ1) is 15.6. The molecule has 2 nitrogen and oxygen atoms in total. The predicted octanol–water partition coefficient (Wildman–Crippen LogP) is 3.30. The third-order valence-electron chi connectivity index (χ3n) is 2.19. The number of hydrogen-bond acceptors (Lipinski definition) is 2. The van der Waals surface area contributed by atoms with Gasteiger partial charge in [-0.25, -0.2) is 0 Å². The average molecular weight is 287 g/mol. The normalized spacial score (nSPS) is 11.8. The number of rotatable bonds is 1. The van der Waals surface area contributed by atoms with E-state index in [1.807, 2.05) is 20.9 Å². The van der Waals surface area contributed by atoms with Gasteiger partial charge in [-0.1, -0.05) is 48.8 Å². The van der Waals surface area contributed by atoms with Crippen LogP contribution in [0.1, 0.15) is 31.9 Å². The van der Waals surface area contributed by atoms with Crippen LogP contribution < -0.4 is 10.6 Å². The van der Waals surface area contributed by atoms with Crippen molar-refractivity contribution in [2.75, 3.05) is 13.6 Å². The van der Waals surface area contributed by atoms with E-state index in [4.69, 9.17) is 0 Å². The molecule has 2 N–H and O–H groups in total. The van der Waals surface area contributed by atoms with Gasteiger partial charge in [-0.2, -0.15) is 0 Å². The summed E-state index contributed by atoms with van der Waals surface area (Å²) in [4.78, 5) is 0. The van der Waals surface area contributed by atoms with Crippen molar-refractivity contribution < 1.29 is 0 Å². The van der Waals surface area contributed by atoms with Crippen LogP contribution in [0.2, 0.25) is 0 Å². The lowest BCUT2D eigenvalue weighted by atomic mass is 10.1. The molecule has 16 heavy (non-hydrogen) atoms. The first-order chi connectivity index (χ1) is 7.79. The molecule has 0 aliphatic carbocycles. The third kappa shape index (κ3) is 5.10. The van der Waals surface area contributed by atoms with E-state index in [1.54, 1.807) is 0 Å². The summed E-state index contributed by atoms with van der Waals surface area (Å²) in [6.45, 7) is 9.17. The second kappa shape index (κ2) is 9.82. The quantitative estimate of drug-likeness (QED) is 0.828. The summed E-state index contributed by atoms with van der Waals surface area (Å²) in [6, 6.07) is 6.34. The van der Waals surface area contributed by atoms with Crippen LogP contribution in [0.15, 0.2) is 22.7 Å². The molecule has 0 radical (unpaired) electrons. The molecule has 1 aliphatic heterocycles. The van der Waals surface area contributed by atoms with Crippen LogP contribution in [-0.4, -0.2) is 13.6 Å². The zero-order valence-electron chi connectivity index (χ0n) is 10.7. The molecule has 2 rings (SSSR count). The summed E-state index contributed by atoms with van der Waals surface area (Å²) in [6.07, 6.45) is 0. The minimum absolute atomic E-state index is 1.01. The van der Waals surface area contributed by atoms with Crippen molar-refractivity contribution in [1.29, 1.82) is 0 Å². The number of nitrogens with one attached hydrogen (secondary N) is 2. The fourth-order valence-corrected chi connectivity index (χ4v) is 1.84. The Morgan fingerprint density at radius 1 is 1.31 bits per heavy atom. The molecule has 0 bridgehead atoms. The van der Waals surface area contributed by atoms with Crippen LogP contribution >= 0.6 is 15.9 Å². The molecule has 0 saturated heterocycles. The summed E-state index contributed by atoms with van der Waals surface area (Å²) in [5, 5.41) is 6.23. The largest absolute Gasteiger partial charge is 0.320 e. The Morgan fingerprint density at radius 3 is 2.44 bits per heavy atom. The Kier molecular flexibility index (Phi) is 9.59. The highest BCUT2D eigenvalue weighted by Gasteiger charge is 2.10. The van der Waals surface area contributed by atoms with Gasteiger partial charge in [-0.15, -0.1) is 0 Å². The molecule has 0 spiro atoms. The van der Waals surface area contributed by atoms with Crippen molar-refractivity contribution in [3.63, 3.8) is 0 Å². The van der Waals surface area contributed by atoms with Gasteiger partial charge in [0.1, 0.15) is 0 Å². The standard InChI is InChI=1S/C8H8BrN.C3H9N.C2H6/c9-8-3-1-2-6-4-10-5-7(6)8;1-3-4-2;1-2/h1-3,10H,4-5H2;4H,3H2,1-2H3;1-2H3. The van der Waals surface area contributed by atoms with Crippen molar-refractivity contribution in [1.82, 2.24) is 10.6 Å². The van der Waals surface area contributed by atoms with Crippen molar-refractivity contribution in [2.24, 2.45) is 0 Å². The number of halogens is 1. The van der Waals surface area contributed by atoms with E-state index in [1.165, 1.54) is 15.6 Å². The Morgan fingerprint density at radius 2 is 1.94 bits per heavy atom. The highest BCUT2D eigenvalue weighted by molar-refractivity contribution is 9.10. The lowest BCUT2D eigenvalue weighted by Crippen LogP contribution is -2.01. The first-order valence-corrected chi connectivity index (χ1v) is 6.70. The maximum absolute atomic E-state index is 3.51. The number of hydrogen-bond donors (Lipinski definition) is 2. The van der Waals surface area contributed by atoms with Crippen molar-refractivity contribution in [3.05, 3.63) is 33.8 Å². The molecule has 0 saturated carbocycles. The van der Waals surface area contributed by atoms with Gasteiger partial charge in [0.15, 0.2) is 0 Å². The highest BCUT2D eigenvalue weighted by Crippen LogP contribution is 2.23. The van der Waals surface area contributed by atoms with Gasteiger partial charge in [0.25, 0.3) is 0 Å². The van der Waals surface area contributed by atoms with Crippen LogP contribution in [-0.2, 0) is 13.1 Å². The van der Waals surface area contributed by atoms with Crippen LogP contribution in [0.5, 0.6) is 0 Å². The average Bonchev–Trinajstić information content (AvgIpc) is 2.82. The van der Waals surface area contributed by atoms with E-state index in [-0.39, 0.29) is 0 Å². The number of fused-ring (bicyclic) bond motifs is 1. The lowest BCUT2D eigenvalue weighted by molar-refractivity contribution is 0.764. The summed E-state index contributed by atoms with van der Waals surface area (Å²) < 4.78 is 1.23. The van der Waals surface area contributed by atoms with Crippen LogP contribution in [0, 0.1) is 0 Å². The van der Waals surface area contributed by atoms with Crippen molar-refractivity contribution in [2.45, 2.75) is 33.9 Å². The van der Waals surface area contributed by atoms with E-state index in [9.17, 15) is 0 Å². The molecule has 0 unspecified atom stereocenters. The summed E-state index contributed by atoms with van der Waals surface area (Å²) in [7, 11) is 1.93. The van der Waals surface area contributed by atoms with Gasteiger partial charge in [0.05, 0.1) is 0 Å². The Balaban J connectivity index is 0.000000323. The smallest absolute Gasteiger partial charge is 0.0223 e. The van der Waals surface area contributed by atoms with Gasteiger partial charge in [-0.3, -0.25) is 0 Å². The van der Waals surface area contributed by atoms with Gasteiger partial charge in [0, 0.05) is 17.6 Å². The van der Waals surface area contributed by atoms with E-state index < -0.39 is 0 Å². The van der Waals surface area contributed by atoms with Gasteiger partial charge < -0.3 is 10.6 Å². The lowest BCUT2D eigenvalue weighted by Gasteiger charge is -1.97. The molecule has 1 heterocycles. The monoisotopic (exact) mass is 286 g/mol. The number of benzene rings is 1. The molecule has 1 aromatic rings. The topological polar surface area (TPSA) is 24.1 Å². The Labute approximate surface area is 108 Å². The van der Waals surface area contributed by atoms with E-state index in [0.29, 0.717) is 0 Å². The molecule has 0 amide bonds. The maximum atomic E-state index is 3.51. The molecule has 0 atom stereocenters. The summed E-state index contributed by atoms with van der Waals surface area (Å²) >= 11 is 3.51. The third-order valence-corrected chi connectivity index (χ3v) is 2.93. The van der Waals surface area contributed by atoms with E-state index in [2.05, 4.69) is 51.7 Å². The van der Waals surface area contributed by atoms with Gasteiger partial charge >= 0.3 is 0 Å². The van der Waals surface area contributed by atoms with E-state index in [0.717, 1.165) is 19.6 Å². The SMILES string of the molecule is Brc1cccc2c1CNC2.CC.CCNC. The Bertz CT molecular complexity index is 285. The van der Waals surface area contributed by atoms with Crippen LogP contribution in [0.25, 0.3) is 0 Å². The van der Waals surface area contributed by atoms with Crippen LogP contribution in [0.4, 0.5) is 0 Å². The highest BCUT2D eigenvalue weighted by atomic mass is 79.9. The minimum atomic E-state index is 1.01. The summed E-state index contributed by atoms with van der Waals surface area (Å²) in [5.41, 5.74) is 2.84. The fraction of sp³-hybridized carbons (Fsp3) is 0.538. The van der Waals surface area contributed by atoms with Gasteiger partial charge in [0.2, 0.25) is 0 Å². The minimum Gasteiger partial charge on any atom is -0.320 e. The molecule has 0 aromatic heterocycles. The Hall–Kier alpha value is -0.380. The molecule has 1 aromatic carbocycles. The van der Waals surface area contributed by atoms with Gasteiger partial charge in [-0.05, 0) is 30.8 Å². The molecule has 0 fully saturated rings. The fourth-order valence-electron chi connectivity index (χ4n) is 1.29. The second-order valence-corrected chi connectivity index (χ2v) is 4.04. The first-order valence-electron chi connectivity index (χ1n) is 5.91. The molecule has 92 valence electrons. The zero-order valence-corrected chi connectivity index (χ0v) is 12.3. The summed E-state index contributed by atoms with van der Waals surface area (Å²) in [5.74, 6) is 0. The molecular formula is C13H23BrN2. The van der Waals surface area contributed by atoms with Crippen molar-refractivity contribution in [3.8, 4) is 0 Å². The predicted molar refractivity (Wildman–Crippen MR) is 75.6 cm³/mol.